The first-order valence-electron chi connectivity index (χ1n) is 47.5. The Morgan fingerprint density at radius 3 is 1.07 bits per heavy atom. The lowest BCUT2D eigenvalue weighted by molar-refractivity contribution is -0.383. The third kappa shape index (κ3) is 15.9. The number of nitro benzene ring substituents is 2. The van der Waals surface area contributed by atoms with Crippen molar-refractivity contribution in [1.82, 2.24) is 4.98 Å². The molecule has 688 valence electrons. The van der Waals surface area contributed by atoms with Crippen LogP contribution in [-0.4, -0.2) is 33.2 Å². The van der Waals surface area contributed by atoms with Crippen LogP contribution >= 0.6 is 39.8 Å². The van der Waals surface area contributed by atoms with Gasteiger partial charge in [0.05, 0.1) is 48.4 Å². The van der Waals surface area contributed by atoms with Crippen LogP contribution in [0.3, 0.4) is 0 Å². The fourth-order valence-electron chi connectivity index (χ4n) is 22.3. The van der Waals surface area contributed by atoms with Gasteiger partial charge in [-0.15, -0.1) is 0 Å². The molecule has 21 aromatic rings. The average Bonchev–Trinajstić information content (AvgIpc) is 1.53. The van der Waals surface area contributed by atoms with Gasteiger partial charge in [0, 0.05) is 53.2 Å². The molecule has 5 aliphatic rings. The zero-order valence-electron chi connectivity index (χ0n) is 79.7. The van der Waals surface area contributed by atoms with Crippen molar-refractivity contribution in [3.05, 3.63) is 474 Å². The molecule has 1 fully saturated rings. The Labute approximate surface area is 836 Å². The molecule has 1 aromatic heterocycles. The molecule has 13 heteroatoms. The Morgan fingerprint density at radius 1 is 0.279 bits per heavy atom. The Morgan fingerprint density at radius 2 is 0.600 bits per heavy atom. The number of aromatic amines is 1. The zero-order valence-corrected chi connectivity index (χ0v) is 83.8. The van der Waals surface area contributed by atoms with Gasteiger partial charge in [-0.2, -0.15) is 0 Å². The van der Waals surface area contributed by atoms with Crippen LogP contribution in [0, 0.1) is 20.2 Å². The summed E-state index contributed by atoms with van der Waals surface area (Å²) in [6.07, 6.45) is 0. The summed E-state index contributed by atoms with van der Waals surface area (Å²) >= 11 is 6.92. The standard InChI is InChI=1S/C29H21NO2.C29H21N.C21H25BO2.C18H15P.C15H13Br.C14H8BrNO2.CH4/c1-29(2)25-14-8-7-11-21(25)24-17-18(15-16-26(24)29)27-22-12-5-3-9-19(22)20-10-4-6-13-23(20)28(27)30(31)32;1-29(2)23-14-8-7-13-21(23)26-24(29)16-15-22-25-19-11-5-3-9-17(19)18-10-4-6-12-20(18)27(25)30-28(22)26;1-19(2)17-10-8-7-9-15(17)16-13-14(11-12-18(16)19)22-23-20(3,4)21(5,6)24-22;1-4-10-16(11-5-1)19(17-12-6-2-7-13-17)18-14-8-3-9-15-18;1-15(2)13-6-4-3-5-11(13)12-9-10(16)7-8-14(12)15;15-13-11-7-3-1-5-9(11)10-6-2-4-8-12(10)14(13)16(17)18;/h3-17H,1-2H3;3-16,30H,1-2H3;7-13H,1-6H3;1-15H;3-9H,1-2H3;1-8H;1H4. The molecule has 0 radical (unpaired) electrons. The number of nitrogens with one attached hydrogen (secondary N) is 1. The van der Waals surface area contributed by atoms with Crippen molar-refractivity contribution in [3.63, 3.8) is 0 Å². The molecule has 1 aliphatic heterocycles. The Hall–Kier alpha value is -14.1. The summed E-state index contributed by atoms with van der Waals surface area (Å²) < 4.78 is 14.2. The first kappa shape index (κ1) is 93.6. The molecular formula is C127H107BBr2N3O6P. The number of fused-ring (bicyclic) bond motifs is 27. The smallest absolute Gasteiger partial charge is 0.399 e. The zero-order chi connectivity index (χ0) is 96.3. The van der Waals surface area contributed by atoms with E-state index in [4.69, 9.17) is 9.31 Å². The maximum atomic E-state index is 12.4. The number of rotatable bonds is 7. The van der Waals surface area contributed by atoms with Crippen LogP contribution in [0.15, 0.2) is 409 Å². The number of H-pyrrole nitrogens is 1. The number of nitro groups is 2. The van der Waals surface area contributed by atoms with Crippen LogP contribution in [0.1, 0.15) is 135 Å². The first-order chi connectivity index (χ1) is 67.0. The van der Waals surface area contributed by atoms with Crippen LogP contribution < -0.4 is 21.4 Å². The van der Waals surface area contributed by atoms with Gasteiger partial charge in [-0.1, -0.05) is 449 Å². The van der Waals surface area contributed by atoms with Crippen molar-refractivity contribution in [2.45, 2.75) is 123 Å². The number of aromatic nitrogens is 1. The van der Waals surface area contributed by atoms with Crippen molar-refractivity contribution in [2.24, 2.45) is 0 Å². The quantitative estimate of drug-likeness (QED) is 0.0558. The van der Waals surface area contributed by atoms with Crippen LogP contribution in [0.25, 0.3) is 142 Å². The number of hydrogen-bond acceptors (Lipinski definition) is 6. The van der Waals surface area contributed by atoms with Gasteiger partial charge < -0.3 is 14.3 Å². The lowest BCUT2D eigenvalue weighted by Gasteiger charge is -2.32. The van der Waals surface area contributed by atoms with Crippen LogP contribution in [0.4, 0.5) is 11.4 Å². The van der Waals surface area contributed by atoms with Crippen LogP contribution in [-0.2, 0) is 31.0 Å². The van der Waals surface area contributed by atoms with E-state index in [1.54, 1.807) is 6.07 Å². The molecule has 0 bridgehead atoms. The maximum Gasteiger partial charge on any atom is 0.494 e. The summed E-state index contributed by atoms with van der Waals surface area (Å²) in [5, 5.41) is 42.7. The van der Waals surface area contributed by atoms with Crippen LogP contribution in [0.5, 0.6) is 0 Å². The molecule has 0 amide bonds. The minimum Gasteiger partial charge on any atom is -0.399 e. The molecule has 1 N–H and O–H groups in total. The second kappa shape index (κ2) is 36.6. The van der Waals surface area contributed by atoms with E-state index < -0.39 is 7.92 Å². The molecule has 0 unspecified atom stereocenters. The molecular weight excluding hydrogens is 1870 g/mol. The monoisotopic (exact) mass is 1970 g/mol. The maximum absolute atomic E-state index is 12.4. The topological polar surface area (TPSA) is 121 Å². The van der Waals surface area contributed by atoms with E-state index in [9.17, 15) is 20.2 Å². The SMILES string of the molecule is C.CC1(C)c2ccccc2-c2c1ccc1c2[nH]c2c3ccccc3c3ccccc3c12.CC1(C)c2ccccc2-c2cc(-c3c([N+](=O)[O-])c4ccccc4c4ccccc34)ccc21.CC1(C)c2ccccc2-c2cc(B3OC(C)(C)C(C)(C)O3)ccc21.CC1(C)c2ccccc2-c2cc(Br)ccc21.O=[N+]([O-])c1c(Br)c2ccccc2c2ccccc12.c1ccc(P(c2ccccc2)c2ccccc2)cc1. The molecule has 20 aromatic carbocycles. The summed E-state index contributed by atoms with van der Waals surface area (Å²) in [7, 11) is -0.755. The molecule has 0 spiro atoms. The fraction of sp³-hybridized carbons (Fsp3) is 0.150. The van der Waals surface area contributed by atoms with Gasteiger partial charge in [-0.05, 0) is 235 Å². The van der Waals surface area contributed by atoms with Crippen molar-refractivity contribution >= 4 is 166 Å². The predicted molar refractivity (Wildman–Crippen MR) is 599 cm³/mol. The molecule has 1 saturated heterocycles. The Bertz CT molecular complexity index is 8410. The Balaban J connectivity index is 0.000000105. The van der Waals surface area contributed by atoms with E-state index in [0.29, 0.717) is 20.8 Å². The lowest BCUT2D eigenvalue weighted by atomic mass is 9.76. The summed E-state index contributed by atoms with van der Waals surface area (Å²) in [6, 6.07) is 140. The fourth-order valence-corrected chi connectivity index (χ4v) is 25.7. The summed E-state index contributed by atoms with van der Waals surface area (Å²) in [4.78, 5) is 27.0. The van der Waals surface area contributed by atoms with E-state index >= 15 is 0 Å². The van der Waals surface area contributed by atoms with Gasteiger partial charge in [0.25, 0.3) is 11.4 Å². The number of halogens is 2. The average molecular weight is 1970 g/mol. The van der Waals surface area contributed by atoms with E-state index in [1.165, 1.54) is 143 Å². The van der Waals surface area contributed by atoms with E-state index in [1.807, 2.05) is 84.9 Å². The van der Waals surface area contributed by atoms with Crippen molar-refractivity contribution in [2.75, 3.05) is 0 Å². The molecule has 140 heavy (non-hydrogen) atoms. The normalized spacial score (nSPS) is 14.8. The highest BCUT2D eigenvalue weighted by molar-refractivity contribution is 9.11. The molecule has 2 heterocycles. The minimum atomic E-state index is -0.446. The summed E-state index contributed by atoms with van der Waals surface area (Å²) in [5.74, 6) is 0. The third-order valence-corrected chi connectivity index (χ3v) is 33.6. The van der Waals surface area contributed by atoms with E-state index in [0.717, 1.165) is 53.4 Å². The number of hydrogen-bond donors (Lipinski definition) is 1. The number of benzene rings is 20. The first-order valence-corrected chi connectivity index (χ1v) is 50.5. The molecule has 4 aliphatic carbocycles. The summed E-state index contributed by atoms with van der Waals surface area (Å²) in [5.41, 5.74) is 26.5. The van der Waals surface area contributed by atoms with Crippen molar-refractivity contribution < 1.29 is 19.2 Å². The second-order valence-electron chi connectivity index (χ2n) is 39.8. The summed E-state index contributed by atoms with van der Waals surface area (Å²) in [6.45, 7) is 26.7. The number of nitrogens with zero attached hydrogens (tertiary/aromatic N) is 2. The van der Waals surface area contributed by atoms with Crippen molar-refractivity contribution in [1.29, 1.82) is 0 Å². The predicted octanol–water partition coefficient (Wildman–Crippen LogP) is 33.6. The second-order valence-corrected chi connectivity index (χ2v) is 43.8. The van der Waals surface area contributed by atoms with Gasteiger partial charge in [0.15, 0.2) is 0 Å². The van der Waals surface area contributed by atoms with E-state index in [-0.39, 0.29) is 68.6 Å². The third-order valence-electron chi connectivity index (χ3n) is 29.9. The molecule has 0 saturated carbocycles. The van der Waals surface area contributed by atoms with E-state index in [2.05, 4.69) is 429 Å². The van der Waals surface area contributed by atoms with Gasteiger partial charge >= 0.3 is 7.12 Å². The molecule has 0 atom stereocenters. The highest BCUT2D eigenvalue weighted by Crippen LogP contribution is 2.57. The largest absolute Gasteiger partial charge is 0.494 e. The highest BCUT2D eigenvalue weighted by Gasteiger charge is 2.52. The molecule has 26 rings (SSSR count). The van der Waals surface area contributed by atoms with Crippen LogP contribution in [0.2, 0.25) is 0 Å². The highest BCUT2D eigenvalue weighted by atomic mass is 79.9. The Kier molecular flexibility index (Phi) is 24.5. The van der Waals surface area contributed by atoms with Gasteiger partial charge in [-0.3, -0.25) is 20.2 Å². The van der Waals surface area contributed by atoms with Gasteiger partial charge in [0.1, 0.15) is 4.47 Å². The van der Waals surface area contributed by atoms with Gasteiger partial charge in [-0.25, -0.2) is 0 Å². The van der Waals surface area contributed by atoms with Crippen molar-refractivity contribution in [3.8, 4) is 55.6 Å². The minimum absolute atomic E-state index is 0. The van der Waals surface area contributed by atoms with Gasteiger partial charge in [0.2, 0.25) is 0 Å². The lowest BCUT2D eigenvalue weighted by Crippen LogP contribution is -2.41. The molecule has 9 nitrogen and oxygen atoms in total.